The highest BCUT2D eigenvalue weighted by atomic mass is 16.2. The molecule has 1 saturated heterocycles. The summed E-state index contributed by atoms with van der Waals surface area (Å²) in [6, 6.07) is 6.07. The van der Waals surface area contributed by atoms with Gasteiger partial charge in [-0.2, -0.15) is 0 Å². The minimum atomic E-state index is 0.0398. The molecule has 1 atom stereocenters. The molecule has 4 heteroatoms. The number of Topliss-reactive ketones (excluding diaryl/α,β-unsaturated/α-hetero) is 1. The lowest BCUT2D eigenvalue weighted by molar-refractivity contribution is -0.130. The lowest BCUT2D eigenvalue weighted by Gasteiger charge is -2.22. The van der Waals surface area contributed by atoms with Crippen molar-refractivity contribution in [2.45, 2.75) is 51.9 Å². The van der Waals surface area contributed by atoms with Gasteiger partial charge in [0.15, 0.2) is 5.78 Å². The Labute approximate surface area is 144 Å². The van der Waals surface area contributed by atoms with Crippen LogP contribution < -0.4 is 5.73 Å². The molecule has 0 bridgehead atoms. The second-order valence-corrected chi connectivity index (χ2v) is 7.69. The van der Waals surface area contributed by atoms with Crippen LogP contribution in [0.2, 0.25) is 0 Å². The van der Waals surface area contributed by atoms with Crippen molar-refractivity contribution in [2.24, 2.45) is 11.1 Å². The van der Waals surface area contributed by atoms with E-state index in [1.54, 1.807) is 0 Å². The third kappa shape index (κ3) is 3.69. The molecule has 3 rings (SSSR count). The summed E-state index contributed by atoms with van der Waals surface area (Å²) in [5.74, 6) is 0.163. The highest BCUT2D eigenvalue weighted by molar-refractivity contribution is 5.98. The lowest BCUT2D eigenvalue weighted by atomic mass is 9.89. The predicted molar refractivity (Wildman–Crippen MR) is 95.0 cm³/mol. The van der Waals surface area contributed by atoms with Gasteiger partial charge >= 0.3 is 0 Å². The lowest BCUT2D eigenvalue weighted by Crippen LogP contribution is -2.34. The number of fused-ring (bicyclic) bond motifs is 1. The van der Waals surface area contributed by atoms with E-state index >= 15 is 0 Å². The molecule has 1 fully saturated rings. The first-order chi connectivity index (χ1) is 11.5. The highest BCUT2D eigenvalue weighted by Crippen LogP contribution is 2.29. The number of amides is 1. The maximum atomic E-state index is 12.4. The first-order valence-electron chi connectivity index (χ1n) is 9.14. The normalized spacial score (nSPS) is 23.2. The monoisotopic (exact) mass is 328 g/mol. The summed E-state index contributed by atoms with van der Waals surface area (Å²) in [6.07, 6.45) is 6.19. The molecule has 130 valence electrons. The Balaban J connectivity index is 1.55. The fourth-order valence-corrected chi connectivity index (χ4v) is 3.83. The number of ketones is 1. The van der Waals surface area contributed by atoms with Gasteiger partial charge in [0.25, 0.3) is 0 Å². The van der Waals surface area contributed by atoms with E-state index in [2.05, 4.69) is 13.0 Å². The largest absolute Gasteiger partial charge is 0.342 e. The van der Waals surface area contributed by atoms with E-state index in [1.165, 1.54) is 24.0 Å². The molecule has 1 unspecified atom stereocenters. The van der Waals surface area contributed by atoms with Crippen LogP contribution in [0, 0.1) is 5.41 Å². The molecular formula is C20H28N2O2. The van der Waals surface area contributed by atoms with Crippen LogP contribution >= 0.6 is 0 Å². The Hall–Kier alpha value is -1.68. The smallest absolute Gasteiger partial charge is 0.223 e. The zero-order valence-electron chi connectivity index (χ0n) is 14.6. The zero-order valence-corrected chi connectivity index (χ0v) is 14.6. The number of carbonyl (C=O) groups is 2. The van der Waals surface area contributed by atoms with Crippen molar-refractivity contribution in [3.63, 3.8) is 0 Å². The average molecular weight is 328 g/mol. The summed E-state index contributed by atoms with van der Waals surface area (Å²) in [4.78, 5) is 26.7. The molecule has 4 nitrogen and oxygen atoms in total. The van der Waals surface area contributed by atoms with E-state index in [0.29, 0.717) is 19.4 Å². The van der Waals surface area contributed by atoms with Crippen LogP contribution in [0.1, 0.15) is 60.5 Å². The number of nitrogens with two attached hydrogens (primary N) is 1. The number of nitrogens with zero attached hydrogens (tertiary/aromatic N) is 1. The van der Waals surface area contributed by atoms with E-state index < -0.39 is 0 Å². The second kappa shape index (κ2) is 7.06. The van der Waals surface area contributed by atoms with Gasteiger partial charge in [0.1, 0.15) is 0 Å². The average Bonchev–Trinajstić information content (AvgIpc) is 3.02. The molecule has 0 spiro atoms. The second-order valence-electron chi connectivity index (χ2n) is 7.69. The van der Waals surface area contributed by atoms with E-state index in [4.69, 9.17) is 5.73 Å². The molecular weight excluding hydrogens is 300 g/mol. The molecule has 0 radical (unpaired) electrons. The van der Waals surface area contributed by atoms with E-state index in [9.17, 15) is 9.59 Å². The van der Waals surface area contributed by atoms with Gasteiger partial charge in [0.2, 0.25) is 5.91 Å². The third-order valence-corrected chi connectivity index (χ3v) is 5.64. The van der Waals surface area contributed by atoms with Gasteiger partial charge in [-0.3, -0.25) is 9.59 Å². The number of hydrogen-bond donors (Lipinski definition) is 1. The number of hydrogen-bond acceptors (Lipinski definition) is 3. The summed E-state index contributed by atoms with van der Waals surface area (Å²) in [5.41, 5.74) is 9.29. The first-order valence-corrected chi connectivity index (χ1v) is 9.14. The Bertz CT molecular complexity index is 641. The fourth-order valence-electron chi connectivity index (χ4n) is 3.83. The number of carbonyl (C=O) groups excluding carboxylic acids is 2. The molecule has 1 aromatic rings. The SMILES string of the molecule is CC1(CN)CCN(C(=O)CCC(=O)c2ccc3c(c2)CCCC3)C1. The Morgan fingerprint density at radius 1 is 1.17 bits per heavy atom. The van der Waals surface area contributed by atoms with Crippen molar-refractivity contribution >= 4 is 11.7 Å². The van der Waals surface area contributed by atoms with Crippen LogP contribution in [0.25, 0.3) is 0 Å². The van der Waals surface area contributed by atoms with E-state index in [-0.39, 0.29) is 17.1 Å². The van der Waals surface area contributed by atoms with Crippen molar-refractivity contribution in [1.29, 1.82) is 0 Å². The van der Waals surface area contributed by atoms with Gasteiger partial charge < -0.3 is 10.6 Å². The Morgan fingerprint density at radius 3 is 2.62 bits per heavy atom. The predicted octanol–water partition coefficient (Wildman–Crippen LogP) is 2.73. The molecule has 2 aliphatic rings. The number of likely N-dealkylation sites (tertiary alicyclic amines) is 1. The van der Waals surface area contributed by atoms with E-state index in [0.717, 1.165) is 37.9 Å². The maximum Gasteiger partial charge on any atom is 0.223 e. The van der Waals surface area contributed by atoms with Gasteiger partial charge in [-0.1, -0.05) is 19.1 Å². The fraction of sp³-hybridized carbons (Fsp3) is 0.600. The van der Waals surface area contributed by atoms with Crippen LogP contribution in [-0.4, -0.2) is 36.2 Å². The summed E-state index contributed by atoms with van der Waals surface area (Å²) in [5, 5.41) is 0. The standard InChI is InChI=1S/C20H28N2O2/c1-20(13-21)10-11-22(14-20)19(24)9-8-18(23)17-7-6-15-4-2-3-5-16(15)12-17/h6-7,12H,2-5,8-11,13-14,21H2,1H3. The number of rotatable bonds is 5. The van der Waals surface area contributed by atoms with Crippen molar-refractivity contribution in [3.05, 3.63) is 34.9 Å². The molecule has 1 aliphatic heterocycles. The summed E-state index contributed by atoms with van der Waals surface area (Å²) >= 11 is 0. The highest BCUT2D eigenvalue weighted by Gasteiger charge is 2.34. The topological polar surface area (TPSA) is 63.4 Å². The molecule has 2 N–H and O–H groups in total. The third-order valence-electron chi connectivity index (χ3n) is 5.64. The van der Waals surface area contributed by atoms with Gasteiger partial charge in [-0.15, -0.1) is 0 Å². The van der Waals surface area contributed by atoms with Crippen LogP contribution in [0.4, 0.5) is 0 Å². The van der Waals surface area contributed by atoms with Crippen LogP contribution in [0.3, 0.4) is 0 Å². The Kier molecular flexibility index (Phi) is 5.04. The zero-order chi connectivity index (χ0) is 17.2. The summed E-state index contributed by atoms with van der Waals surface area (Å²) < 4.78 is 0. The van der Waals surface area contributed by atoms with Crippen molar-refractivity contribution in [3.8, 4) is 0 Å². The van der Waals surface area contributed by atoms with Gasteiger partial charge in [-0.05, 0) is 61.3 Å². The van der Waals surface area contributed by atoms with E-state index in [1.807, 2.05) is 17.0 Å². The quantitative estimate of drug-likeness (QED) is 0.845. The van der Waals surface area contributed by atoms with Crippen molar-refractivity contribution in [1.82, 2.24) is 4.90 Å². The molecule has 1 aromatic carbocycles. The molecule has 1 amide bonds. The number of aryl methyl sites for hydroxylation is 2. The Morgan fingerprint density at radius 2 is 1.92 bits per heavy atom. The van der Waals surface area contributed by atoms with Crippen molar-refractivity contribution in [2.75, 3.05) is 19.6 Å². The molecule has 0 saturated carbocycles. The van der Waals surface area contributed by atoms with Gasteiger partial charge in [-0.25, -0.2) is 0 Å². The van der Waals surface area contributed by atoms with Crippen LogP contribution in [-0.2, 0) is 17.6 Å². The maximum absolute atomic E-state index is 12.4. The van der Waals surface area contributed by atoms with Crippen LogP contribution in [0.15, 0.2) is 18.2 Å². The molecule has 1 aliphatic carbocycles. The first kappa shape index (κ1) is 17.2. The molecule has 1 heterocycles. The molecule has 24 heavy (non-hydrogen) atoms. The van der Waals surface area contributed by atoms with Gasteiger partial charge in [0.05, 0.1) is 0 Å². The summed E-state index contributed by atoms with van der Waals surface area (Å²) in [6.45, 7) is 4.21. The summed E-state index contributed by atoms with van der Waals surface area (Å²) in [7, 11) is 0. The van der Waals surface area contributed by atoms with Gasteiger partial charge in [0, 0.05) is 31.5 Å². The minimum Gasteiger partial charge on any atom is -0.342 e. The minimum absolute atomic E-state index is 0.0398. The van der Waals surface area contributed by atoms with Crippen molar-refractivity contribution < 1.29 is 9.59 Å². The number of benzene rings is 1. The van der Waals surface area contributed by atoms with Crippen LogP contribution in [0.5, 0.6) is 0 Å². The molecule has 0 aromatic heterocycles.